The number of benzene rings is 1. The van der Waals surface area contributed by atoms with Gasteiger partial charge in [0.1, 0.15) is 4.21 Å². The largest absolute Gasteiger partial charge is 0.350 e. The standard InChI is InChI=1S/C14H15ClN2O3S3/c1-9(21-11-4-2-10(15)3-5-11)14(18)17-8-12-6-7-13(22-12)23(16,19)20/h2-7,9H,8H2,1H3,(H,17,18)(H2,16,19,20)/t9-/m0/s1. The van der Waals surface area contributed by atoms with Crippen LogP contribution in [0.1, 0.15) is 11.8 Å². The second kappa shape index (κ2) is 7.67. The quantitative estimate of drug-likeness (QED) is 0.742. The van der Waals surface area contributed by atoms with E-state index < -0.39 is 10.0 Å². The smallest absolute Gasteiger partial charge is 0.247 e. The number of carbonyl (C=O) groups excluding carboxylic acids is 1. The lowest BCUT2D eigenvalue weighted by Crippen LogP contribution is -2.30. The molecule has 0 spiro atoms. The van der Waals surface area contributed by atoms with Gasteiger partial charge in [0.15, 0.2) is 0 Å². The number of nitrogens with one attached hydrogen (secondary N) is 1. The molecule has 0 aliphatic rings. The zero-order chi connectivity index (χ0) is 17.0. The van der Waals surface area contributed by atoms with E-state index in [1.54, 1.807) is 25.1 Å². The van der Waals surface area contributed by atoms with Crippen molar-refractivity contribution < 1.29 is 13.2 Å². The van der Waals surface area contributed by atoms with E-state index in [1.807, 2.05) is 12.1 Å². The molecule has 2 aromatic rings. The Hall–Kier alpha value is -1.06. The van der Waals surface area contributed by atoms with Crippen LogP contribution in [0.4, 0.5) is 0 Å². The van der Waals surface area contributed by atoms with Gasteiger partial charge in [-0.25, -0.2) is 13.6 Å². The van der Waals surface area contributed by atoms with Gasteiger partial charge >= 0.3 is 0 Å². The number of nitrogens with two attached hydrogens (primary N) is 1. The van der Waals surface area contributed by atoms with Crippen LogP contribution in [0.2, 0.25) is 5.02 Å². The molecule has 1 atom stereocenters. The van der Waals surface area contributed by atoms with Crippen molar-refractivity contribution in [3.05, 3.63) is 46.3 Å². The number of primary sulfonamides is 1. The number of rotatable bonds is 6. The van der Waals surface area contributed by atoms with Crippen LogP contribution in [0, 0.1) is 0 Å². The fourth-order valence-electron chi connectivity index (χ4n) is 1.69. The molecular weight excluding hydrogens is 376 g/mol. The molecule has 1 heterocycles. The third-order valence-corrected chi connectivity index (χ3v) is 6.74. The van der Waals surface area contributed by atoms with E-state index in [4.69, 9.17) is 16.7 Å². The predicted molar refractivity (Wildman–Crippen MR) is 94.3 cm³/mol. The van der Waals surface area contributed by atoms with Crippen molar-refractivity contribution >= 4 is 50.6 Å². The molecule has 1 aromatic heterocycles. The molecule has 0 aliphatic heterocycles. The van der Waals surface area contributed by atoms with Gasteiger partial charge in [0.2, 0.25) is 15.9 Å². The molecule has 0 radical (unpaired) electrons. The second-order valence-electron chi connectivity index (χ2n) is 4.70. The molecule has 0 saturated carbocycles. The van der Waals surface area contributed by atoms with Gasteiger partial charge in [-0.2, -0.15) is 0 Å². The van der Waals surface area contributed by atoms with Crippen LogP contribution < -0.4 is 10.5 Å². The molecule has 1 aromatic carbocycles. The van der Waals surface area contributed by atoms with Crippen molar-refractivity contribution in [1.82, 2.24) is 5.32 Å². The molecule has 1 amide bonds. The summed E-state index contributed by atoms with van der Waals surface area (Å²) in [7, 11) is -3.69. The number of hydrogen-bond donors (Lipinski definition) is 2. The first-order valence-corrected chi connectivity index (χ1v) is 10.2. The lowest BCUT2D eigenvalue weighted by Gasteiger charge is -2.11. The highest BCUT2D eigenvalue weighted by Crippen LogP contribution is 2.25. The van der Waals surface area contributed by atoms with Crippen LogP contribution in [-0.2, 0) is 21.4 Å². The molecule has 0 aliphatic carbocycles. The number of hydrogen-bond acceptors (Lipinski definition) is 5. The first kappa shape index (κ1) is 18.3. The maximum absolute atomic E-state index is 12.1. The fourth-order valence-corrected chi connectivity index (χ4v) is 4.43. The van der Waals surface area contributed by atoms with E-state index >= 15 is 0 Å². The molecule has 0 saturated heterocycles. The van der Waals surface area contributed by atoms with Crippen LogP contribution in [-0.4, -0.2) is 19.6 Å². The average Bonchev–Trinajstić information content (AvgIpc) is 2.96. The molecule has 2 rings (SSSR count). The van der Waals surface area contributed by atoms with Crippen molar-refractivity contribution in [2.75, 3.05) is 0 Å². The molecule has 124 valence electrons. The zero-order valence-corrected chi connectivity index (χ0v) is 15.4. The van der Waals surface area contributed by atoms with Crippen molar-refractivity contribution in [2.24, 2.45) is 5.14 Å². The molecule has 5 nitrogen and oxygen atoms in total. The summed E-state index contributed by atoms with van der Waals surface area (Å²) in [5.74, 6) is -0.129. The number of amides is 1. The summed E-state index contributed by atoms with van der Waals surface area (Å²) in [6.07, 6.45) is 0. The molecule has 0 unspecified atom stereocenters. The summed E-state index contributed by atoms with van der Waals surface area (Å²) < 4.78 is 22.5. The molecule has 3 N–H and O–H groups in total. The fraction of sp³-hybridized carbons (Fsp3) is 0.214. The van der Waals surface area contributed by atoms with Gasteiger partial charge in [0.25, 0.3) is 0 Å². The Labute approximate surface area is 148 Å². The number of halogens is 1. The molecule has 0 fully saturated rings. The van der Waals surface area contributed by atoms with Crippen molar-refractivity contribution in [3.63, 3.8) is 0 Å². The number of sulfonamides is 1. The van der Waals surface area contributed by atoms with Crippen LogP contribution in [0.3, 0.4) is 0 Å². The van der Waals surface area contributed by atoms with Gasteiger partial charge in [0, 0.05) is 14.8 Å². The highest BCUT2D eigenvalue weighted by Gasteiger charge is 2.15. The lowest BCUT2D eigenvalue weighted by atomic mass is 10.4. The van der Waals surface area contributed by atoms with Gasteiger partial charge < -0.3 is 5.32 Å². The Morgan fingerprint density at radius 3 is 2.52 bits per heavy atom. The number of thioether (sulfide) groups is 1. The Kier molecular flexibility index (Phi) is 6.10. The number of carbonyl (C=O) groups is 1. The minimum absolute atomic E-state index is 0.0883. The van der Waals surface area contributed by atoms with Crippen LogP contribution >= 0.6 is 34.7 Å². The first-order valence-electron chi connectivity index (χ1n) is 6.57. The minimum Gasteiger partial charge on any atom is -0.350 e. The average molecular weight is 391 g/mol. The first-order chi connectivity index (χ1) is 10.8. The van der Waals surface area contributed by atoms with Gasteiger partial charge in [-0.05, 0) is 43.3 Å². The summed E-state index contributed by atoms with van der Waals surface area (Å²) >= 11 is 8.30. The maximum atomic E-state index is 12.1. The minimum atomic E-state index is -3.69. The van der Waals surface area contributed by atoms with Crippen molar-refractivity contribution in [3.8, 4) is 0 Å². The topological polar surface area (TPSA) is 89.3 Å². The normalized spacial score (nSPS) is 12.8. The Balaban J connectivity index is 1.89. The summed E-state index contributed by atoms with van der Waals surface area (Å²) in [4.78, 5) is 13.8. The van der Waals surface area contributed by atoms with E-state index in [9.17, 15) is 13.2 Å². The Morgan fingerprint density at radius 2 is 1.96 bits per heavy atom. The van der Waals surface area contributed by atoms with Crippen molar-refractivity contribution in [2.45, 2.75) is 27.8 Å². The summed E-state index contributed by atoms with van der Waals surface area (Å²) in [5, 5.41) is 8.20. The summed E-state index contributed by atoms with van der Waals surface area (Å²) in [6, 6.07) is 10.3. The molecule has 0 bridgehead atoms. The van der Waals surface area contributed by atoms with Gasteiger partial charge in [-0.1, -0.05) is 11.6 Å². The van der Waals surface area contributed by atoms with E-state index in [0.29, 0.717) is 5.02 Å². The van der Waals surface area contributed by atoms with Crippen LogP contribution in [0.5, 0.6) is 0 Å². The highest BCUT2D eigenvalue weighted by atomic mass is 35.5. The predicted octanol–water partition coefficient (Wildman–Crippen LogP) is 2.85. The lowest BCUT2D eigenvalue weighted by molar-refractivity contribution is -0.120. The summed E-state index contributed by atoms with van der Waals surface area (Å²) in [5.41, 5.74) is 0. The van der Waals surface area contributed by atoms with E-state index in [0.717, 1.165) is 21.1 Å². The van der Waals surface area contributed by atoms with Gasteiger partial charge in [-0.15, -0.1) is 23.1 Å². The van der Waals surface area contributed by atoms with Gasteiger partial charge in [-0.3, -0.25) is 4.79 Å². The van der Waals surface area contributed by atoms with Crippen LogP contribution in [0.15, 0.2) is 45.5 Å². The van der Waals surface area contributed by atoms with E-state index in [1.165, 1.54) is 17.8 Å². The second-order valence-corrected chi connectivity index (χ2v) is 9.50. The van der Waals surface area contributed by atoms with E-state index in [2.05, 4.69) is 5.32 Å². The molecule has 9 heteroatoms. The third-order valence-electron chi connectivity index (χ3n) is 2.85. The molecular formula is C14H15ClN2O3S3. The Bertz CT molecular complexity index is 788. The van der Waals surface area contributed by atoms with Crippen LogP contribution in [0.25, 0.3) is 0 Å². The SMILES string of the molecule is C[C@H](Sc1ccc(Cl)cc1)C(=O)NCc1ccc(S(N)(=O)=O)s1. The Morgan fingerprint density at radius 1 is 1.30 bits per heavy atom. The van der Waals surface area contributed by atoms with Gasteiger partial charge in [0.05, 0.1) is 11.8 Å². The number of thiophene rings is 1. The summed E-state index contributed by atoms with van der Waals surface area (Å²) in [6.45, 7) is 2.07. The molecule has 23 heavy (non-hydrogen) atoms. The highest BCUT2D eigenvalue weighted by molar-refractivity contribution is 8.00. The van der Waals surface area contributed by atoms with Crippen molar-refractivity contribution in [1.29, 1.82) is 0 Å². The third kappa shape index (κ3) is 5.50. The zero-order valence-electron chi connectivity index (χ0n) is 12.2. The monoisotopic (exact) mass is 390 g/mol. The maximum Gasteiger partial charge on any atom is 0.247 e. The van der Waals surface area contributed by atoms with E-state index in [-0.39, 0.29) is 21.9 Å².